The first-order valence-corrected chi connectivity index (χ1v) is 6.84. The Bertz CT molecular complexity index is 611. The summed E-state index contributed by atoms with van der Waals surface area (Å²) < 4.78 is 13.4. The van der Waals surface area contributed by atoms with E-state index in [4.69, 9.17) is 0 Å². The van der Waals surface area contributed by atoms with Gasteiger partial charge in [0.05, 0.1) is 0 Å². The Labute approximate surface area is 120 Å². The highest BCUT2D eigenvalue weighted by molar-refractivity contribution is 5.41. The molecule has 0 aliphatic rings. The lowest BCUT2D eigenvalue weighted by Gasteiger charge is -2.26. The van der Waals surface area contributed by atoms with E-state index in [9.17, 15) is 9.50 Å². The topological polar surface area (TPSA) is 20.2 Å². The Kier molecular flexibility index (Phi) is 3.96. The summed E-state index contributed by atoms with van der Waals surface area (Å²) in [5.41, 5.74) is 3.37. The van der Waals surface area contributed by atoms with Gasteiger partial charge in [0, 0.05) is 0 Å². The molecule has 1 N–H and O–H groups in total. The minimum atomic E-state index is -0.805. The molecule has 2 aromatic carbocycles. The van der Waals surface area contributed by atoms with Crippen LogP contribution in [0.4, 0.5) is 4.39 Å². The number of aliphatic hydroxyl groups excluding tert-OH is 1. The SMILES string of the molecule is Cc1ccc(F)cc1C(O)c1ccccc1C(C)(C)C. The molecule has 0 radical (unpaired) electrons. The normalized spacial score (nSPS) is 13.3. The highest BCUT2D eigenvalue weighted by atomic mass is 19.1. The van der Waals surface area contributed by atoms with E-state index >= 15 is 0 Å². The monoisotopic (exact) mass is 272 g/mol. The number of hydrogen-bond acceptors (Lipinski definition) is 1. The molecule has 0 amide bonds. The standard InChI is InChI=1S/C18H21FO/c1-12-9-10-13(19)11-15(12)17(20)14-7-5-6-8-16(14)18(2,3)4/h5-11,17,20H,1-4H3. The molecule has 0 fully saturated rings. The van der Waals surface area contributed by atoms with Crippen LogP contribution in [0.5, 0.6) is 0 Å². The molecule has 0 saturated carbocycles. The average Bonchev–Trinajstić information content (AvgIpc) is 2.40. The van der Waals surface area contributed by atoms with Gasteiger partial charge in [-0.3, -0.25) is 0 Å². The molecule has 0 saturated heterocycles. The molecule has 0 aliphatic carbocycles. The van der Waals surface area contributed by atoms with Crippen molar-refractivity contribution in [3.05, 3.63) is 70.5 Å². The zero-order chi connectivity index (χ0) is 14.9. The first-order chi connectivity index (χ1) is 9.30. The summed E-state index contributed by atoms with van der Waals surface area (Å²) in [6.45, 7) is 8.21. The van der Waals surface area contributed by atoms with Crippen LogP contribution in [-0.4, -0.2) is 5.11 Å². The van der Waals surface area contributed by atoms with Gasteiger partial charge in [-0.1, -0.05) is 51.1 Å². The summed E-state index contributed by atoms with van der Waals surface area (Å²) in [5, 5.41) is 10.7. The van der Waals surface area contributed by atoms with Crippen molar-refractivity contribution in [2.75, 3.05) is 0 Å². The second kappa shape index (κ2) is 5.37. The minimum absolute atomic E-state index is 0.0706. The maximum Gasteiger partial charge on any atom is 0.123 e. The van der Waals surface area contributed by atoms with Crippen LogP contribution in [0.25, 0.3) is 0 Å². The molecule has 1 unspecified atom stereocenters. The fourth-order valence-corrected chi connectivity index (χ4v) is 2.49. The van der Waals surface area contributed by atoms with Crippen LogP contribution in [0, 0.1) is 12.7 Å². The van der Waals surface area contributed by atoms with Gasteiger partial charge in [-0.2, -0.15) is 0 Å². The second-order valence-electron chi connectivity index (χ2n) is 6.24. The maximum atomic E-state index is 13.4. The van der Waals surface area contributed by atoms with E-state index in [0.717, 1.165) is 16.7 Å². The summed E-state index contributed by atoms with van der Waals surface area (Å²) in [7, 11) is 0. The molecule has 0 bridgehead atoms. The van der Waals surface area contributed by atoms with Crippen LogP contribution in [-0.2, 0) is 5.41 Å². The largest absolute Gasteiger partial charge is 0.384 e. The van der Waals surface area contributed by atoms with E-state index in [2.05, 4.69) is 20.8 Å². The van der Waals surface area contributed by atoms with Crippen LogP contribution < -0.4 is 0 Å². The van der Waals surface area contributed by atoms with E-state index < -0.39 is 6.10 Å². The molecule has 0 heterocycles. The van der Waals surface area contributed by atoms with Crippen molar-refractivity contribution in [3.8, 4) is 0 Å². The van der Waals surface area contributed by atoms with E-state index in [1.807, 2.05) is 31.2 Å². The lowest BCUT2D eigenvalue weighted by Crippen LogP contribution is -2.17. The maximum absolute atomic E-state index is 13.4. The van der Waals surface area contributed by atoms with Crippen molar-refractivity contribution in [1.29, 1.82) is 0 Å². The number of halogens is 1. The molecule has 2 heteroatoms. The number of aryl methyl sites for hydroxylation is 1. The molecule has 0 aliphatic heterocycles. The molecule has 106 valence electrons. The Balaban J connectivity index is 2.54. The Morgan fingerprint density at radius 3 is 2.30 bits per heavy atom. The van der Waals surface area contributed by atoms with Crippen LogP contribution in [0.1, 0.15) is 49.1 Å². The van der Waals surface area contributed by atoms with Crippen molar-refractivity contribution >= 4 is 0 Å². The van der Waals surface area contributed by atoms with Crippen LogP contribution >= 0.6 is 0 Å². The van der Waals surface area contributed by atoms with Crippen molar-refractivity contribution in [3.63, 3.8) is 0 Å². The number of rotatable bonds is 2. The summed E-state index contributed by atoms with van der Waals surface area (Å²) in [5.74, 6) is -0.321. The van der Waals surface area contributed by atoms with Crippen molar-refractivity contribution in [2.45, 2.75) is 39.2 Å². The molecule has 20 heavy (non-hydrogen) atoms. The van der Waals surface area contributed by atoms with E-state index in [-0.39, 0.29) is 11.2 Å². The molecular formula is C18H21FO. The van der Waals surface area contributed by atoms with Gasteiger partial charge in [-0.25, -0.2) is 4.39 Å². The number of benzene rings is 2. The zero-order valence-corrected chi connectivity index (χ0v) is 12.4. The Morgan fingerprint density at radius 1 is 1.00 bits per heavy atom. The number of hydrogen-bond donors (Lipinski definition) is 1. The first-order valence-electron chi connectivity index (χ1n) is 6.84. The van der Waals surface area contributed by atoms with Crippen molar-refractivity contribution in [2.24, 2.45) is 0 Å². The zero-order valence-electron chi connectivity index (χ0n) is 12.4. The second-order valence-corrected chi connectivity index (χ2v) is 6.24. The third kappa shape index (κ3) is 2.91. The predicted octanol–water partition coefficient (Wildman–Crippen LogP) is 4.51. The van der Waals surface area contributed by atoms with Gasteiger partial charge in [-0.15, -0.1) is 0 Å². The highest BCUT2D eigenvalue weighted by Crippen LogP contribution is 2.33. The van der Waals surface area contributed by atoms with Gasteiger partial charge in [0.15, 0.2) is 0 Å². The molecule has 1 nitrogen and oxygen atoms in total. The summed E-state index contributed by atoms with van der Waals surface area (Å²) in [6, 6.07) is 12.3. The van der Waals surface area contributed by atoms with Crippen molar-refractivity contribution in [1.82, 2.24) is 0 Å². The quantitative estimate of drug-likeness (QED) is 0.852. The fraction of sp³-hybridized carbons (Fsp3) is 0.333. The molecule has 1 atom stereocenters. The molecule has 0 aromatic heterocycles. The highest BCUT2D eigenvalue weighted by Gasteiger charge is 2.23. The summed E-state index contributed by atoms with van der Waals surface area (Å²) in [6.07, 6.45) is -0.805. The van der Waals surface area contributed by atoms with E-state index in [1.54, 1.807) is 6.07 Å². The lowest BCUT2D eigenvalue weighted by atomic mass is 9.81. The summed E-state index contributed by atoms with van der Waals surface area (Å²) >= 11 is 0. The molecular weight excluding hydrogens is 251 g/mol. The molecule has 2 rings (SSSR count). The van der Waals surface area contributed by atoms with Gasteiger partial charge >= 0.3 is 0 Å². The van der Waals surface area contributed by atoms with Gasteiger partial charge in [0.25, 0.3) is 0 Å². The minimum Gasteiger partial charge on any atom is -0.384 e. The third-order valence-electron chi connectivity index (χ3n) is 3.60. The Hall–Kier alpha value is -1.67. The van der Waals surface area contributed by atoms with E-state index in [0.29, 0.717) is 5.56 Å². The van der Waals surface area contributed by atoms with Gasteiger partial charge < -0.3 is 5.11 Å². The van der Waals surface area contributed by atoms with E-state index in [1.165, 1.54) is 12.1 Å². The fourth-order valence-electron chi connectivity index (χ4n) is 2.49. The van der Waals surface area contributed by atoms with Gasteiger partial charge in [-0.05, 0) is 46.7 Å². The van der Waals surface area contributed by atoms with Crippen molar-refractivity contribution < 1.29 is 9.50 Å². The average molecular weight is 272 g/mol. The first kappa shape index (κ1) is 14.7. The number of aliphatic hydroxyl groups is 1. The van der Waals surface area contributed by atoms with Gasteiger partial charge in [0.2, 0.25) is 0 Å². The summed E-state index contributed by atoms with van der Waals surface area (Å²) in [4.78, 5) is 0. The molecule has 2 aromatic rings. The smallest absolute Gasteiger partial charge is 0.123 e. The lowest BCUT2D eigenvalue weighted by molar-refractivity contribution is 0.216. The Morgan fingerprint density at radius 2 is 1.65 bits per heavy atom. The van der Waals surface area contributed by atoms with Gasteiger partial charge in [0.1, 0.15) is 11.9 Å². The predicted molar refractivity (Wildman–Crippen MR) is 80.3 cm³/mol. The van der Waals surface area contributed by atoms with Crippen LogP contribution in [0.2, 0.25) is 0 Å². The molecule has 0 spiro atoms. The third-order valence-corrected chi connectivity index (χ3v) is 3.60. The van der Waals surface area contributed by atoms with Crippen LogP contribution in [0.3, 0.4) is 0 Å². The van der Waals surface area contributed by atoms with Crippen LogP contribution in [0.15, 0.2) is 42.5 Å².